The van der Waals surface area contributed by atoms with E-state index in [2.05, 4.69) is 0 Å². The van der Waals surface area contributed by atoms with Crippen molar-refractivity contribution in [3.8, 4) is 0 Å². The lowest BCUT2D eigenvalue weighted by molar-refractivity contribution is 0.0714. The Labute approximate surface area is 178 Å². The maximum absolute atomic E-state index is 13.6. The summed E-state index contributed by atoms with van der Waals surface area (Å²) in [4.78, 5) is 28.7. The van der Waals surface area contributed by atoms with E-state index in [1.54, 1.807) is 23.1 Å². The van der Waals surface area contributed by atoms with Crippen LogP contribution < -0.4 is 5.43 Å². The molecule has 1 atom stereocenters. The van der Waals surface area contributed by atoms with Crippen LogP contribution in [0.25, 0.3) is 11.0 Å². The van der Waals surface area contributed by atoms with Gasteiger partial charge in [-0.05, 0) is 54.3 Å². The number of amides is 1. The van der Waals surface area contributed by atoms with E-state index < -0.39 is 6.04 Å². The van der Waals surface area contributed by atoms with Crippen molar-refractivity contribution in [1.82, 2.24) is 4.90 Å². The van der Waals surface area contributed by atoms with Gasteiger partial charge >= 0.3 is 0 Å². The third kappa shape index (κ3) is 3.13. The zero-order valence-corrected chi connectivity index (χ0v) is 17.2. The number of hydrogen-bond donors (Lipinski definition) is 0. The van der Waals surface area contributed by atoms with Crippen LogP contribution in [0.3, 0.4) is 0 Å². The number of aryl methyl sites for hydroxylation is 2. The van der Waals surface area contributed by atoms with E-state index in [-0.39, 0.29) is 22.9 Å². The third-order valence-corrected chi connectivity index (χ3v) is 5.78. The average molecular weight is 413 g/mol. The molecule has 1 aliphatic heterocycles. The molecule has 0 N–H and O–H groups in total. The highest BCUT2D eigenvalue weighted by Gasteiger charge is 2.42. The van der Waals surface area contributed by atoms with Crippen molar-refractivity contribution in [2.24, 2.45) is 0 Å². The number of hydrogen-bond acceptors (Lipinski definition) is 3. The first-order valence-electron chi connectivity index (χ1n) is 10.1. The van der Waals surface area contributed by atoms with Gasteiger partial charge in [-0.3, -0.25) is 9.59 Å². The molecule has 4 aromatic rings. The summed E-state index contributed by atoms with van der Waals surface area (Å²) in [7, 11) is 0. The van der Waals surface area contributed by atoms with E-state index >= 15 is 0 Å². The largest absolute Gasteiger partial charge is 0.450 e. The minimum absolute atomic E-state index is 0.0645. The van der Waals surface area contributed by atoms with Crippen LogP contribution in [0.1, 0.15) is 44.4 Å². The summed E-state index contributed by atoms with van der Waals surface area (Å²) >= 11 is 0. The fourth-order valence-corrected chi connectivity index (χ4v) is 4.41. The SMILES string of the molecule is Cc1cc(C)c2oc3c(c(=O)c2c1)C(c1ccc(F)cc1)N(Cc1ccccc1)C3=O. The zero-order chi connectivity index (χ0) is 21.7. The summed E-state index contributed by atoms with van der Waals surface area (Å²) in [6.07, 6.45) is 0. The molecule has 0 saturated heterocycles. The highest BCUT2D eigenvalue weighted by atomic mass is 19.1. The van der Waals surface area contributed by atoms with Gasteiger partial charge in [0.25, 0.3) is 5.91 Å². The summed E-state index contributed by atoms with van der Waals surface area (Å²) in [6, 6.07) is 18.6. The minimum Gasteiger partial charge on any atom is -0.450 e. The lowest BCUT2D eigenvalue weighted by atomic mass is 9.97. The van der Waals surface area contributed by atoms with Gasteiger partial charge in [-0.15, -0.1) is 0 Å². The number of benzene rings is 3. The number of nitrogens with zero attached hydrogens (tertiary/aromatic N) is 1. The average Bonchev–Trinajstić information content (AvgIpc) is 3.03. The van der Waals surface area contributed by atoms with E-state index in [1.807, 2.05) is 50.2 Å². The van der Waals surface area contributed by atoms with Crippen molar-refractivity contribution < 1.29 is 13.6 Å². The standard InChI is InChI=1S/C26H20FNO3/c1-15-12-16(2)24-20(13-15)23(29)21-22(18-8-10-19(27)11-9-18)28(26(30)25(21)31-24)14-17-6-4-3-5-7-17/h3-13,22H,14H2,1-2H3. The fraction of sp³-hybridized carbons (Fsp3) is 0.154. The van der Waals surface area contributed by atoms with E-state index in [9.17, 15) is 14.0 Å². The lowest BCUT2D eigenvalue weighted by Crippen LogP contribution is -2.29. The molecule has 1 amide bonds. The molecular weight excluding hydrogens is 393 g/mol. The molecule has 0 fully saturated rings. The molecule has 0 aliphatic carbocycles. The Bertz CT molecular complexity index is 1370. The predicted molar refractivity (Wildman–Crippen MR) is 117 cm³/mol. The second kappa shape index (κ2) is 7.20. The smallest absolute Gasteiger partial charge is 0.291 e. The summed E-state index contributed by atoms with van der Waals surface area (Å²) in [6.45, 7) is 4.09. The quantitative estimate of drug-likeness (QED) is 0.458. The second-order valence-corrected chi connectivity index (χ2v) is 8.01. The maximum atomic E-state index is 13.6. The van der Waals surface area contributed by atoms with Crippen molar-refractivity contribution in [2.75, 3.05) is 0 Å². The van der Waals surface area contributed by atoms with Gasteiger partial charge in [0.2, 0.25) is 5.76 Å². The monoisotopic (exact) mass is 413 g/mol. The van der Waals surface area contributed by atoms with Gasteiger partial charge in [-0.25, -0.2) is 4.39 Å². The Morgan fingerprint density at radius 1 is 0.968 bits per heavy atom. The molecule has 31 heavy (non-hydrogen) atoms. The first-order chi connectivity index (χ1) is 14.9. The van der Waals surface area contributed by atoms with Gasteiger partial charge in [0, 0.05) is 6.54 Å². The van der Waals surface area contributed by atoms with Crippen LogP contribution in [0.15, 0.2) is 75.9 Å². The predicted octanol–water partition coefficient (Wildman–Crippen LogP) is 5.29. The Morgan fingerprint density at radius 3 is 2.39 bits per heavy atom. The molecule has 0 radical (unpaired) electrons. The Hall–Kier alpha value is -3.73. The van der Waals surface area contributed by atoms with Crippen LogP contribution >= 0.6 is 0 Å². The highest BCUT2D eigenvalue weighted by molar-refractivity contribution is 5.99. The molecule has 4 nitrogen and oxygen atoms in total. The van der Waals surface area contributed by atoms with E-state index in [4.69, 9.17) is 4.42 Å². The summed E-state index contributed by atoms with van der Waals surface area (Å²) in [5.41, 5.74) is 3.87. The topological polar surface area (TPSA) is 50.5 Å². The molecule has 2 heterocycles. The number of halogens is 1. The number of rotatable bonds is 3. The molecule has 1 aromatic heterocycles. The molecular formula is C26H20FNO3. The normalized spacial score (nSPS) is 15.5. The molecule has 5 heteroatoms. The van der Waals surface area contributed by atoms with E-state index in [0.29, 0.717) is 28.6 Å². The molecule has 0 spiro atoms. The van der Waals surface area contributed by atoms with Gasteiger partial charge in [0.1, 0.15) is 11.4 Å². The molecule has 1 unspecified atom stereocenters. The summed E-state index contributed by atoms with van der Waals surface area (Å²) in [5.74, 6) is -0.651. The van der Waals surface area contributed by atoms with Crippen molar-refractivity contribution in [3.05, 3.63) is 116 Å². The first kappa shape index (κ1) is 19.2. The number of carbonyl (C=O) groups is 1. The van der Waals surface area contributed by atoms with Crippen LogP contribution in [-0.4, -0.2) is 10.8 Å². The van der Waals surface area contributed by atoms with Crippen molar-refractivity contribution in [1.29, 1.82) is 0 Å². The molecule has 0 bridgehead atoms. The Balaban J connectivity index is 1.76. The van der Waals surface area contributed by atoms with Crippen molar-refractivity contribution >= 4 is 16.9 Å². The van der Waals surface area contributed by atoms with Crippen LogP contribution in [0.5, 0.6) is 0 Å². The van der Waals surface area contributed by atoms with Crippen molar-refractivity contribution in [3.63, 3.8) is 0 Å². The maximum Gasteiger partial charge on any atom is 0.291 e. The summed E-state index contributed by atoms with van der Waals surface area (Å²) in [5, 5.41) is 0.456. The fourth-order valence-electron chi connectivity index (χ4n) is 4.41. The van der Waals surface area contributed by atoms with Gasteiger partial charge in [-0.1, -0.05) is 48.5 Å². The zero-order valence-electron chi connectivity index (χ0n) is 17.2. The second-order valence-electron chi connectivity index (χ2n) is 8.01. The highest BCUT2D eigenvalue weighted by Crippen LogP contribution is 2.39. The molecule has 3 aromatic carbocycles. The molecule has 1 aliphatic rings. The Morgan fingerprint density at radius 2 is 1.68 bits per heavy atom. The molecule has 0 saturated carbocycles. The van der Waals surface area contributed by atoms with E-state index in [1.165, 1.54) is 12.1 Å². The number of carbonyl (C=O) groups excluding carboxylic acids is 1. The van der Waals surface area contributed by atoms with Gasteiger partial charge in [-0.2, -0.15) is 0 Å². The van der Waals surface area contributed by atoms with E-state index in [0.717, 1.165) is 16.7 Å². The minimum atomic E-state index is -0.648. The van der Waals surface area contributed by atoms with Crippen LogP contribution in [0.4, 0.5) is 4.39 Å². The van der Waals surface area contributed by atoms with Crippen molar-refractivity contribution in [2.45, 2.75) is 26.4 Å². The number of fused-ring (bicyclic) bond motifs is 2. The van der Waals surface area contributed by atoms with Crippen LogP contribution in [0.2, 0.25) is 0 Å². The van der Waals surface area contributed by atoms with Gasteiger partial charge in [0.05, 0.1) is 17.0 Å². The van der Waals surface area contributed by atoms with Crippen LogP contribution in [-0.2, 0) is 6.54 Å². The molecule has 5 rings (SSSR count). The Kier molecular flexibility index (Phi) is 4.47. The van der Waals surface area contributed by atoms with Crippen LogP contribution in [0, 0.1) is 19.7 Å². The molecule has 154 valence electrons. The van der Waals surface area contributed by atoms with Gasteiger partial charge < -0.3 is 9.32 Å². The first-order valence-corrected chi connectivity index (χ1v) is 10.1. The van der Waals surface area contributed by atoms with Gasteiger partial charge in [0.15, 0.2) is 5.43 Å². The summed E-state index contributed by atoms with van der Waals surface area (Å²) < 4.78 is 19.7. The lowest BCUT2D eigenvalue weighted by Gasteiger charge is -2.25. The third-order valence-electron chi connectivity index (χ3n) is 5.78.